The first-order valence-electron chi connectivity index (χ1n) is 11.2. The monoisotopic (exact) mass is 417 g/mol. The molecular weight excluding hydrogens is 386 g/mol. The summed E-state index contributed by atoms with van der Waals surface area (Å²) in [7, 11) is 0. The predicted molar refractivity (Wildman–Crippen MR) is 126 cm³/mol. The Labute approximate surface area is 183 Å². The molecule has 31 heavy (non-hydrogen) atoms. The second-order valence-electron chi connectivity index (χ2n) is 8.78. The molecule has 5 nitrogen and oxygen atoms in total. The van der Waals surface area contributed by atoms with Gasteiger partial charge in [0.15, 0.2) is 0 Å². The zero-order chi connectivity index (χ0) is 21.8. The standard InChI is InChI=1S/C26H31N3O2/c1-19-13-20(2)15-22(14-19)18-29-25(30)16-24(27-23-11-7-4-8-12-23)28(26(29)31)17-21-9-5-3-6-10-21/h3,5-6,9-10,13-16,23,27H,4,7-8,11-12,17-18H2,1-2H3. The summed E-state index contributed by atoms with van der Waals surface area (Å²) in [6, 6.07) is 18.0. The Morgan fingerprint density at radius 1 is 0.806 bits per heavy atom. The maximum atomic E-state index is 13.5. The normalized spacial score (nSPS) is 14.5. The fourth-order valence-corrected chi connectivity index (χ4v) is 4.60. The molecule has 3 aromatic rings. The summed E-state index contributed by atoms with van der Waals surface area (Å²) in [6.07, 6.45) is 5.78. The Bertz CT molecular complexity index is 1140. The zero-order valence-electron chi connectivity index (χ0n) is 18.4. The highest BCUT2D eigenvalue weighted by molar-refractivity contribution is 5.37. The summed E-state index contributed by atoms with van der Waals surface area (Å²) in [5.41, 5.74) is 3.73. The maximum absolute atomic E-state index is 13.5. The molecule has 1 aliphatic rings. The second-order valence-corrected chi connectivity index (χ2v) is 8.78. The molecule has 1 heterocycles. The van der Waals surface area contributed by atoms with Crippen LogP contribution in [0.4, 0.5) is 5.82 Å². The van der Waals surface area contributed by atoms with Crippen molar-refractivity contribution in [3.8, 4) is 0 Å². The van der Waals surface area contributed by atoms with E-state index in [2.05, 4.69) is 11.4 Å². The predicted octanol–water partition coefficient (Wildman–Crippen LogP) is 4.47. The van der Waals surface area contributed by atoms with Crippen molar-refractivity contribution >= 4 is 5.82 Å². The molecular formula is C26H31N3O2. The topological polar surface area (TPSA) is 56.0 Å². The third kappa shape index (κ3) is 5.16. The molecule has 0 radical (unpaired) electrons. The zero-order valence-corrected chi connectivity index (χ0v) is 18.4. The van der Waals surface area contributed by atoms with Gasteiger partial charge in [-0.1, -0.05) is 78.9 Å². The van der Waals surface area contributed by atoms with Gasteiger partial charge in [-0.25, -0.2) is 4.79 Å². The lowest BCUT2D eigenvalue weighted by Crippen LogP contribution is -2.42. The van der Waals surface area contributed by atoms with Gasteiger partial charge < -0.3 is 5.32 Å². The molecule has 1 aliphatic carbocycles. The van der Waals surface area contributed by atoms with E-state index in [-0.39, 0.29) is 17.8 Å². The second kappa shape index (κ2) is 9.38. The van der Waals surface area contributed by atoms with Crippen LogP contribution in [0.2, 0.25) is 0 Å². The maximum Gasteiger partial charge on any atom is 0.333 e. The van der Waals surface area contributed by atoms with Gasteiger partial charge in [-0.3, -0.25) is 13.9 Å². The van der Waals surface area contributed by atoms with Crippen molar-refractivity contribution in [3.05, 3.63) is 97.7 Å². The van der Waals surface area contributed by atoms with E-state index in [1.165, 1.54) is 23.8 Å². The molecule has 0 saturated heterocycles. The van der Waals surface area contributed by atoms with Gasteiger partial charge in [-0.05, 0) is 37.8 Å². The van der Waals surface area contributed by atoms with E-state index in [4.69, 9.17) is 0 Å². The highest BCUT2D eigenvalue weighted by Crippen LogP contribution is 2.21. The quantitative estimate of drug-likeness (QED) is 0.644. The number of nitrogens with one attached hydrogen (secondary N) is 1. The average Bonchev–Trinajstić information content (AvgIpc) is 2.75. The van der Waals surface area contributed by atoms with E-state index in [0.717, 1.165) is 35.1 Å². The molecule has 1 aromatic heterocycles. The molecule has 0 spiro atoms. The van der Waals surface area contributed by atoms with E-state index in [1.54, 1.807) is 10.6 Å². The molecule has 0 unspecified atom stereocenters. The van der Waals surface area contributed by atoms with E-state index < -0.39 is 0 Å². The highest BCUT2D eigenvalue weighted by atomic mass is 16.2. The van der Waals surface area contributed by atoms with E-state index in [0.29, 0.717) is 18.4 Å². The summed E-state index contributed by atoms with van der Waals surface area (Å²) < 4.78 is 3.07. The molecule has 1 saturated carbocycles. The largest absolute Gasteiger partial charge is 0.368 e. The fourth-order valence-electron chi connectivity index (χ4n) is 4.60. The minimum absolute atomic E-state index is 0.258. The first-order chi connectivity index (χ1) is 15.0. The number of aromatic nitrogens is 2. The van der Waals surface area contributed by atoms with Crippen LogP contribution in [0.25, 0.3) is 0 Å². The summed E-state index contributed by atoms with van der Waals surface area (Å²) >= 11 is 0. The Morgan fingerprint density at radius 2 is 1.45 bits per heavy atom. The molecule has 0 atom stereocenters. The van der Waals surface area contributed by atoms with Crippen molar-refractivity contribution in [1.82, 2.24) is 9.13 Å². The van der Waals surface area contributed by atoms with Gasteiger partial charge in [0.25, 0.3) is 5.56 Å². The van der Waals surface area contributed by atoms with Crippen molar-refractivity contribution < 1.29 is 0 Å². The van der Waals surface area contributed by atoms with Crippen LogP contribution in [0.5, 0.6) is 0 Å². The van der Waals surface area contributed by atoms with Gasteiger partial charge >= 0.3 is 5.69 Å². The first kappa shape index (κ1) is 21.2. The van der Waals surface area contributed by atoms with Crippen LogP contribution in [0.15, 0.2) is 64.2 Å². The molecule has 1 N–H and O–H groups in total. The van der Waals surface area contributed by atoms with Crippen molar-refractivity contribution in [2.75, 3.05) is 5.32 Å². The smallest absolute Gasteiger partial charge is 0.333 e. The van der Waals surface area contributed by atoms with Crippen LogP contribution in [0.1, 0.15) is 54.4 Å². The highest BCUT2D eigenvalue weighted by Gasteiger charge is 2.18. The number of benzene rings is 2. The first-order valence-corrected chi connectivity index (χ1v) is 11.2. The molecule has 4 rings (SSSR count). The molecule has 162 valence electrons. The molecule has 5 heteroatoms. The van der Waals surface area contributed by atoms with Crippen LogP contribution in [0.3, 0.4) is 0 Å². The third-order valence-electron chi connectivity index (χ3n) is 6.04. The molecule has 1 fully saturated rings. The average molecular weight is 418 g/mol. The Kier molecular flexibility index (Phi) is 6.40. The number of rotatable bonds is 6. The molecule has 0 bridgehead atoms. The molecule has 2 aromatic carbocycles. The van der Waals surface area contributed by atoms with E-state index in [1.807, 2.05) is 56.3 Å². The Balaban J connectivity index is 1.74. The van der Waals surface area contributed by atoms with Crippen LogP contribution in [-0.2, 0) is 13.1 Å². The van der Waals surface area contributed by atoms with E-state index >= 15 is 0 Å². The van der Waals surface area contributed by atoms with Crippen LogP contribution < -0.4 is 16.6 Å². The number of hydrogen-bond donors (Lipinski definition) is 1. The van der Waals surface area contributed by atoms with Crippen LogP contribution in [-0.4, -0.2) is 15.2 Å². The minimum atomic E-state index is -0.270. The van der Waals surface area contributed by atoms with Crippen molar-refractivity contribution in [2.45, 2.75) is 65.1 Å². The Morgan fingerprint density at radius 3 is 2.13 bits per heavy atom. The Hall–Kier alpha value is -3.08. The summed E-state index contributed by atoms with van der Waals surface area (Å²) in [5, 5.41) is 3.51. The number of aryl methyl sites for hydroxylation is 2. The van der Waals surface area contributed by atoms with Gasteiger partial charge in [-0.2, -0.15) is 0 Å². The van der Waals surface area contributed by atoms with Gasteiger partial charge in [0.05, 0.1) is 13.1 Å². The third-order valence-corrected chi connectivity index (χ3v) is 6.04. The van der Waals surface area contributed by atoms with E-state index in [9.17, 15) is 9.59 Å². The number of anilines is 1. The lowest BCUT2D eigenvalue weighted by Gasteiger charge is -2.26. The van der Waals surface area contributed by atoms with Gasteiger partial charge in [-0.15, -0.1) is 0 Å². The molecule has 0 aliphatic heterocycles. The van der Waals surface area contributed by atoms with Crippen molar-refractivity contribution in [3.63, 3.8) is 0 Å². The SMILES string of the molecule is Cc1cc(C)cc(Cn2c(=O)cc(NC3CCCCC3)n(Cc3ccccc3)c2=O)c1. The van der Waals surface area contributed by atoms with Crippen molar-refractivity contribution in [1.29, 1.82) is 0 Å². The number of hydrogen-bond acceptors (Lipinski definition) is 3. The summed E-state index contributed by atoms with van der Waals surface area (Å²) in [4.78, 5) is 26.5. The minimum Gasteiger partial charge on any atom is -0.368 e. The lowest BCUT2D eigenvalue weighted by atomic mass is 9.95. The van der Waals surface area contributed by atoms with Gasteiger partial charge in [0.1, 0.15) is 5.82 Å². The summed E-state index contributed by atoms with van der Waals surface area (Å²) in [6.45, 7) is 4.77. The molecule has 0 amide bonds. The van der Waals surface area contributed by atoms with Gasteiger partial charge in [0.2, 0.25) is 0 Å². The van der Waals surface area contributed by atoms with Gasteiger partial charge in [0, 0.05) is 12.1 Å². The fraction of sp³-hybridized carbons (Fsp3) is 0.385. The lowest BCUT2D eigenvalue weighted by molar-refractivity contribution is 0.458. The van der Waals surface area contributed by atoms with Crippen LogP contribution >= 0.6 is 0 Å². The van der Waals surface area contributed by atoms with Crippen molar-refractivity contribution in [2.24, 2.45) is 0 Å². The number of nitrogens with zero attached hydrogens (tertiary/aromatic N) is 2. The summed E-state index contributed by atoms with van der Waals surface area (Å²) in [5.74, 6) is 0.627. The van der Waals surface area contributed by atoms with Crippen LogP contribution in [0, 0.1) is 13.8 Å².